The molecule has 6 saturated heterocycles. The Morgan fingerprint density at radius 3 is 1.29 bits per heavy atom. The first kappa shape index (κ1) is 44.0. The number of anilines is 2. The van der Waals surface area contributed by atoms with Gasteiger partial charge in [-0.1, -0.05) is 23.2 Å². The third kappa shape index (κ3) is 8.86. The van der Waals surface area contributed by atoms with E-state index in [1.165, 1.54) is 11.1 Å². The lowest BCUT2D eigenvalue weighted by Gasteiger charge is -2.37. The summed E-state index contributed by atoms with van der Waals surface area (Å²) in [7, 11) is 0. The molecule has 0 amide bonds. The van der Waals surface area contributed by atoms with Crippen LogP contribution in [-0.4, -0.2) is 163 Å². The Morgan fingerprint density at radius 1 is 0.530 bits per heavy atom. The Bertz CT molecular complexity index is 2510. The highest BCUT2D eigenvalue weighted by Crippen LogP contribution is 2.39. The van der Waals surface area contributed by atoms with Crippen molar-refractivity contribution in [3.8, 4) is 11.6 Å². The summed E-state index contributed by atoms with van der Waals surface area (Å²) in [6.07, 6.45) is 9.82. The van der Waals surface area contributed by atoms with Crippen molar-refractivity contribution in [3.63, 3.8) is 0 Å². The van der Waals surface area contributed by atoms with Crippen molar-refractivity contribution >= 4 is 56.6 Å². The van der Waals surface area contributed by atoms with Gasteiger partial charge in [-0.05, 0) is 126 Å². The van der Waals surface area contributed by atoms with Gasteiger partial charge in [0.05, 0.1) is 48.8 Å². The standard InChI is InChI=1S/2C24H29ClN6O2/c2*1-15-27-23(30-12-19(32)13-30)10-24(28-15)31-22-9-20(21(25)8-17(22)11-26-31)16-2-5-29(6-3-16)18-4-7-33-14-18/h2*8-11,16,18-19,32H,2-7,12-14H2,1H3. The Morgan fingerprint density at radius 2 is 0.924 bits per heavy atom. The summed E-state index contributed by atoms with van der Waals surface area (Å²) >= 11 is 13.5. The predicted octanol–water partition coefficient (Wildman–Crippen LogP) is 5.85. The van der Waals surface area contributed by atoms with Crippen LogP contribution < -0.4 is 9.80 Å². The molecule has 0 radical (unpaired) electrons. The van der Waals surface area contributed by atoms with E-state index >= 15 is 0 Å². The summed E-state index contributed by atoms with van der Waals surface area (Å²) < 4.78 is 14.9. The largest absolute Gasteiger partial charge is 0.389 e. The molecule has 348 valence electrons. The van der Waals surface area contributed by atoms with Crippen LogP contribution in [0, 0.1) is 13.8 Å². The van der Waals surface area contributed by atoms with E-state index in [9.17, 15) is 10.2 Å². The minimum absolute atomic E-state index is 0.286. The zero-order valence-corrected chi connectivity index (χ0v) is 39.2. The Hall–Kier alpha value is -4.52. The lowest BCUT2D eigenvalue weighted by atomic mass is 9.88. The summed E-state index contributed by atoms with van der Waals surface area (Å²) in [5, 5.41) is 32.3. The number of hydrogen-bond acceptors (Lipinski definition) is 14. The van der Waals surface area contributed by atoms with Crippen LogP contribution in [0.5, 0.6) is 0 Å². The molecule has 6 aliphatic heterocycles. The van der Waals surface area contributed by atoms with Gasteiger partial charge in [0.1, 0.15) is 23.3 Å². The number of rotatable bonds is 8. The molecule has 2 N–H and O–H groups in total. The second-order valence-corrected chi connectivity index (χ2v) is 19.8. The lowest BCUT2D eigenvalue weighted by molar-refractivity contribution is 0.122. The number of piperidine rings is 2. The normalized spacial score (nSPS) is 22.9. The number of nitrogens with zero attached hydrogens (tertiary/aromatic N) is 12. The van der Waals surface area contributed by atoms with Crippen LogP contribution in [-0.2, 0) is 9.47 Å². The second-order valence-electron chi connectivity index (χ2n) is 19.0. The van der Waals surface area contributed by atoms with Crippen molar-refractivity contribution in [1.29, 1.82) is 0 Å². The van der Waals surface area contributed by atoms with Crippen molar-refractivity contribution in [1.82, 2.24) is 49.3 Å². The topological polar surface area (TPSA) is 159 Å². The van der Waals surface area contributed by atoms with Crippen molar-refractivity contribution in [3.05, 3.63) is 81.6 Å². The third-order valence-electron chi connectivity index (χ3n) is 14.6. The Kier molecular flexibility index (Phi) is 12.4. The fourth-order valence-corrected chi connectivity index (χ4v) is 11.4. The molecule has 4 aromatic heterocycles. The molecule has 2 aromatic carbocycles. The highest BCUT2D eigenvalue weighted by atomic mass is 35.5. The van der Waals surface area contributed by atoms with E-state index < -0.39 is 0 Å². The van der Waals surface area contributed by atoms with E-state index in [4.69, 9.17) is 32.7 Å². The first-order valence-electron chi connectivity index (χ1n) is 23.7. The summed E-state index contributed by atoms with van der Waals surface area (Å²) in [6, 6.07) is 13.5. The molecule has 0 bridgehead atoms. The molecule has 10 heterocycles. The zero-order valence-electron chi connectivity index (χ0n) is 37.6. The van der Waals surface area contributed by atoms with Crippen molar-refractivity contribution in [2.75, 3.05) is 88.6 Å². The molecule has 12 rings (SSSR count). The quantitative estimate of drug-likeness (QED) is 0.187. The SMILES string of the molecule is Cc1nc(N2CC(O)C2)cc(-n2ncc3cc(Cl)c(C4CCN(C5CCOC5)CC4)cc32)n1.Cc1nc(N2CC(O)C2)cc(-n2ncc3cc(Cl)c(C4CCN(C5CCOC5)CC4)cc32)n1. The molecule has 16 nitrogen and oxygen atoms in total. The molecule has 6 aromatic rings. The molecule has 0 spiro atoms. The molecule has 2 atom stereocenters. The fraction of sp³-hybridized carbons (Fsp3) is 0.542. The number of aromatic nitrogens is 8. The van der Waals surface area contributed by atoms with E-state index in [0.29, 0.717) is 61.7 Å². The van der Waals surface area contributed by atoms with Crippen LogP contribution in [0.15, 0.2) is 48.8 Å². The number of ether oxygens (including phenoxy) is 2. The molecule has 6 aliphatic rings. The summed E-state index contributed by atoms with van der Waals surface area (Å²) in [5.41, 5.74) is 4.41. The van der Waals surface area contributed by atoms with Gasteiger partial charge >= 0.3 is 0 Å². The van der Waals surface area contributed by atoms with E-state index in [-0.39, 0.29) is 12.2 Å². The summed E-state index contributed by atoms with van der Waals surface area (Å²) in [6.45, 7) is 14.0. The van der Waals surface area contributed by atoms with E-state index in [1.54, 1.807) is 0 Å². The molecule has 66 heavy (non-hydrogen) atoms. The highest BCUT2D eigenvalue weighted by molar-refractivity contribution is 6.32. The Labute approximate surface area is 394 Å². The van der Waals surface area contributed by atoms with Gasteiger partial charge in [-0.3, -0.25) is 9.80 Å². The summed E-state index contributed by atoms with van der Waals surface area (Å²) in [4.78, 5) is 27.7. The van der Waals surface area contributed by atoms with Gasteiger partial charge < -0.3 is 29.5 Å². The number of β-amino-alcohol motifs (C(OH)–C–C–N with tert-alkyl or cyclic N) is 2. The van der Waals surface area contributed by atoms with Crippen LogP contribution in [0.25, 0.3) is 33.4 Å². The number of halogens is 2. The third-order valence-corrected chi connectivity index (χ3v) is 15.2. The first-order chi connectivity index (χ1) is 32.1. The number of aryl methyl sites for hydroxylation is 2. The van der Waals surface area contributed by atoms with Crippen LogP contribution in [0.3, 0.4) is 0 Å². The maximum atomic E-state index is 9.68. The van der Waals surface area contributed by atoms with Crippen molar-refractivity contribution in [2.45, 2.75) is 88.5 Å². The highest BCUT2D eigenvalue weighted by Gasteiger charge is 2.32. The van der Waals surface area contributed by atoms with E-state index in [1.807, 2.05) is 59.9 Å². The zero-order chi connectivity index (χ0) is 45.1. The van der Waals surface area contributed by atoms with Gasteiger partial charge in [-0.15, -0.1) is 0 Å². The molecule has 2 unspecified atom stereocenters. The molecule has 0 aliphatic carbocycles. The molecule has 6 fully saturated rings. The maximum Gasteiger partial charge on any atom is 0.159 e. The smallest absolute Gasteiger partial charge is 0.159 e. The molecular formula is C48H58Cl2N12O4. The molecular weight excluding hydrogens is 880 g/mol. The minimum atomic E-state index is -0.286. The van der Waals surface area contributed by atoms with Gasteiger partial charge in [0, 0.05) is 84.4 Å². The van der Waals surface area contributed by atoms with Crippen LogP contribution in [0.1, 0.15) is 73.1 Å². The average molecular weight is 938 g/mol. The number of benzene rings is 2. The van der Waals surface area contributed by atoms with E-state index in [2.05, 4.69) is 61.9 Å². The fourth-order valence-electron chi connectivity index (χ4n) is 10.8. The van der Waals surface area contributed by atoms with E-state index in [0.717, 1.165) is 146 Å². The molecule has 18 heteroatoms. The lowest BCUT2D eigenvalue weighted by Crippen LogP contribution is -2.51. The number of hydrogen-bond donors (Lipinski definition) is 2. The van der Waals surface area contributed by atoms with Crippen molar-refractivity contribution < 1.29 is 19.7 Å². The van der Waals surface area contributed by atoms with Crippen molar-refractivity contribution in [2.24, 2.45) is 0 Å². The van der Waals surface area contributed by atoms with Gasteiger partial charge in [-0.2, -0.15) is 10.2 Å². The van der Waals surface area contributed by atoms with Gasteiger partial charge in [0.15, 0.2) is 11.6 Å². The average Bonchev–Trinajstić information content (AvgIpc) is 4.15. The van der Waals surface area contributed by atoms with Crippen LogP contribution in [0.2, 0.25) is 10.0 Å². The predicted molar refractivity (Wildman–Crippen MR) is 255 cm³/mol. The number of likely N-dealkylation sites (tertiary alicyclic amines) is 2. The number of aliphatic hydroxyl groups excluding tert-OH is 2. The number of aliphatic hydroxyl groups is 2. The first-order valence-corrected chi connectivity index (χ1v) is 24.4. The monoisotopic (exact) mass is 936 g/mol. The van der Waals surface area contributed by atoms with Crippen LogP contribution in [0.4, 0.5) is 11.6 Å². The Balaban J connectivity index is 0.000000146. The second kappa shape index (κ2) is 18.5. The maximum absolute atomic E-state index is 9.68. The minimum Gasteiger partial charge on any atom is -0.389 e. The van der Waals surface area contributed by atoms with Crippen LogP contribution >= 0.6 is 23.2 Å². The van der Waals surface area contributed by atoms with Gasteiger partial charge in [-0.25, -0.2) is 29.3 Å². The summed E-state index contributed by atoms with van der Waals surface area (Å²) in [5.74, 6) is 5.36. The number of fused-ring (bicyclic) bond motifs is 2. The van der Waals surface area contributed by atoms with Gasteiger partial charge in [0.2, 0.25) is 0 Å². The molecule has 0 saturated carbocycles. The van der Waals surface area contributed by atoms with Gasteiger partial charge in [0.25, 0.3) is 0 Å².